The summed E-state index contributed by atoms with van der Waals surface area (Å²) in [6.45, 7) is 6.28. The summed E-state index contributed by atoms with van der Waals surface area (Å²) in [4.78, 5) is 18.0. The number of aryl methyl sites for hydroxylation is 2. The van der Waals surface area contributed by atoms with Gasteiger partial charge in [-0.15, -0.1) is 0 Å². The quantitative estimate of drug-likeness (QED) is 0.307. The monoisotopic (exact) mass is 420 g/mol. The largest absolute Gasteiger partial charge is 0.462 e. The molecule has 2 heterocycles. The lowest BCUT2D eigenvalue weighted by Crippen LogP contribution is -2.06. The highest BCUT2D eigenvalue weighted by molar-refractivity contribution is 6.11. The fourth-order valence-electron chi connectivity index (χ4n) is 4.13. The lowest BCUT2D eigenvalue weighted by molar-refractivity contribution is 0.0530. The third kappa shape index (κ3) is 3.34. The summed E-state index contributed by atoms with van der Waals surface area (Å²) < 4.78 is 7.51. The van der Waals surface area contributed by atoms with E-state index in [4.69, 9.17) is 9.72 Å². The number of rotatable bonds is 4. The van der Waals surface area contributed by atoms with Crippen LogP contribution in [-0.4, -0.2) is 22.0 Å². The third-order valence-electron chi connectivity index (χ3n) is 5.76. The molecule has 5 aromatic rings. The van der Waals surface area contributed by atoms with E-state index >= 15 is 0 Å². The zero-order chi connectivity index (χ0) is 22.2. The first-order valence-electron chi connectivity index (χ1n) is 10.8. The molecule has 0 saturated carbocycles. The smallest absolute Gasteiger partial charge is 0.342 e. The molecule has 0 aliphatic carbocycles. The van der Waals surface area contributed by atoms with E-state index in [0.29, 0.717) is 17.8 Å². The Morgan fingerprint density at radius 3 is 2.16 bits per heavy atom. The highest BCUT2D eigenvalue weighted by Crippen LogP contribution is 2.34. The molecule has 0 atom stereocenters. The number of nitrogens with zero attached hydrogens (tertiary/aromatic N) is 2. The average molecular weight is 421 g/mol. The summed E-state index contributed by atoms with van der Waals surface area (Å²) in [6, 6.07) is 26.7. The molecule has 158 valence electrons. The zero-order valence-electron chi connectivity index (χ0n) is 18.4. The SMILES string of the molecule is CCOC(=O)c1c2ccccc2n2c(-c3ccc(C)cc3)cc(-c3ccc(C)cc3)nc12. The normalized spacial score (nSPS) is 11.2. The first kappa shape index (κ1) is 20.0. The van der Waals surface area contributed by atoms with E-state index in [0.717, 1.165) is 33.4 Å². The van der Waals surface area contributed by atoms with Crippen molar-refractivity contribution in [3.63, 3.8) is 0 Å². The maximum absolute atomic E-state index is 13.0. The van der Waals surface area contributed by atoms with E-state index in [1.165, 1.54) is 11.1 Å². The van der Waals surface area contributed by atoms with Crippen molar-refractivity contribution in [1.82, 2.24) is 9.38 Å². The van der Waals surface area contributed by atoms with Crippen molar-refractivity contribution in [2.45, 2.75) is 20.8 Å². The van der Waals surface area contributed by atoms with Crippen LogP contribution in [0.5, 0.6) is 0 Å². The van der Waals surface area contributed by atoms with E-state index < -0.39 is 0 Å². The van der Waals surface area contributed by atoms with Gasteiger partial charge in [0.2, 0.25) is 0 Å². The van der Waals surface area contributed by atoms with E-state index in [2.05, 4.69) is 72.8 Å². The van der Waals surface area contributed by atoms with Crippen LogP contribution in [0.25, 0.3) is 39.1 Å². The maximum Gasteiger partial charge on any atom is 0.342 e. The van der Waals surface area contributed by atoms with Gasteiger partial charge in [0.1, 0.15) is 5.56 Å². The molecule has 4 heteroatoms. The highest BCUT2D eigenvalue weighted by Gasteiger charge is 2.23. The van der Waals surface area contributed by atoms with Crippen molar-refractivity contribution in [3.8, 4) is 22.5 Å². The van der Waals surface area contributed by atoms with E-state index in [1.807, 2.05) is 31.2 Å². The molecule has 2 aromatic heterocycles. The van der Waals surface area contributed by atoms with Gasteiger partial charge in [-0.2, -0.15) is 0 Å². The molecular weight excluding hydrogens is 396 g/mol. The Bertz CT molecular complexity index is 1450. The molecule has 0 unspecified atom stereocenters. The molecular formula is C28H24N2O2. The van der Waals surface area contributed by atoms with Gasteiger partial charge in [0.15, 0.2) is 5.65 Å². The minimum atomic E-state index is -0.352. The fourth-order valence-corrected chi connectivity index (χ4v) is 4.13. The van der Waals surface area contributed by atoms with E-state index in [1.54, 1.807) is 0 Å². The molecule has 0 aliphatic heterocycles. The van der Waals surface area contributed by atoms with Crippen molar-refractivity contribution in [1.29, 1.82) is 0 Å². The number of esters is 1. The van der Waals surface area contributed by atoms with Gasteiger partial charge in [0.25, 0.3) is 0 Å². The van der Waals surface area contributed by atoms with E-state index in [9.17, 15) is 4.79 Å². The number of carbonyl (C=O) groups is 1. The van der Waals surface area contributed by atoms with Gasteiger partial charge in [-0.25, -0.2) is 9.78 Å². The predicted molar refractivity (Wildman–Crippen MR) is 129 cm³/mol. The van der Waals surface area contributed by atoms with Crippen molar-refractivity contribution in [3.05, 3.63) is 95.6 Å². The van der Waals surface area contributed by atoms with Gasteiger partial charge >= 0.3 is 5.97 Å². The van der Waals surface area contributed by atoms with Gasteiger partial charge in [-0.1, -0.05) is 77.9 Å². The van der Waals surface area contributed by atoms with Gasteiger partial charge in [0.05, 0.1) is 23.5 Å². The van der Waals surface area contributed by atoms with Crippen LogP contribution >= 0.6 is 0 Å². The Hall–Kier alpha value is -3.92. The molecule has 0 saturated heterocycles. The van der Waals surface area contributed by atoms with Crippen LogP contribution in [0.15, 0.2) is 78.9 Å². The second kappa shape index (κ2) is 7.97. The summed E-state index contributed by atoms with van der Waals surface area (Å²) in [5, 5.41) is 0.841. The molecule has 0 spiro atoms. The molecule has 5 rings (SSSR count). The molecule has 0 radical (unpaired) electrons. The predicted octanol–water partition coefficient (Wildman–Crippen LogP) is 6.62. The second-order valence-electron chi connectivity index (χ2n) is 8.03. The summed E-state index contributed by atoms with van der Waals surface area (Å²) in [6.07, 6.45) is 0. The van der Waals surface area contributed by atoms with Crippen LogP contribution in [0.1, 0.15) is 28.4 Å². The number of ether oxygens (including phenoxy) is 1. The Kier molecular flexibility index (Phi) is 4.98. The molecule has 3 aromatic carbocycles. The van der Waals surface area contributed by atoms with E-state index in [-0.39, 0.29) is 5.97 Å². The molecule has 4 nitrogen and oxygen atoms in total. The first-order valence-corrected chi connectivity index (χ1v) is 10.8. The fraction of sp³-hybridized carbons (Fsp3) is 0.143. The van der Waals surface area contributed by atoms with Gasteiger partial charge in [0, 0.05) is 10.9 Å². The standard InChI is InChI=1S/C28H24N2O2/c1-4-32-28(31)26-22-7-5-6-8-24(22)30-25(21-15-11-19(3)12-16-21)17-23(29-27(26)30)20-13-9-18(2)10-14-20/h5-17H,4H2,1-3H3. The average Bonchev–Trinajstić information content (AvgIpc) is 3.14. The number of carbonyl (C=O) groups excluding carboxylic acids is 1. The summed E-state index contributed by atoms with van der Waals surface area (Å²) in [5.74, 6) is -0.352. The minimum Gasteiger partial charge on any atom is -0.462 e. The molecule has 0 aliphatic rings. The minimum absolute atomic E-state index is 0.312. The number of hydrogen-bond acceptors (Lipinski definition) is 3. The Labute approximate surface area is 187 Å². The summed E-state index contributed by atoms with van der Waals surface area (Å²) in [5.41, 5.74) is 8.31. The van der Waals surface area contributed by atoms with Crippen LogP contribution < -0.4 is 0 Å². The van der Waals surface area contributed by atoms with Gasteiger partial charge in [-0.3, -0.25) is 4.40 Å². The molecule has 0 amide bonds. The first-order chi connectivity index (χ1) is 15.6. The second-order valence-corrected chi connectivity index (χ2v) is 8.03. The number of benzene rings is 3. The van der Waals surface area contributed by atoms with Crippen LogP contribution in [0.4, 0.5) is 0 Å². The Morgan fingerprint density at radius 2 is 1.50 bits per heavy atom. The number of hydrogen-bond donors (Lipinski definition) is 0. The van der Waals surface area contributed by atoms with Crippen molar-refractivity contribution in [2.24, 2.45) is 0 Å². The number of para-hydroxylation sites is 1. The third-order valence-corrected chi connectivity index (χ3v) is 5.76. The summed E-state index contributed by atoms with van der Waals surface area (Å²) in [7, 11) is 0. The highest BCUT2D eigenvalue weighted by atomic mass is 16.5. The number of aromatic nitrogens is 2. The Morgan fingerprint density at radius 1 is 0.875 bits per heavy atom. The zero-order valence-corrected chi connectivity index (χ0v) is 18.4. The van der Waals surface area contributed by atoms with Crippen molar-refractivity contribution in [2.75, 3.05) is 6.61 Å². The van der Waals surface area contributed by atoms with Crippen LogP contribution in [0.2, 0.25) is 0 Å². The van der Waals surface area contributed by atoms with Crippen LogP contribution in [0, 0.1) is 13.8 Å². The van der Waals surface area contributed by atoms with Crippen molar-refractivity contribution < 1.29 is 9.53 Å². The maximum atomic E-state index is 13.0. The van der Waals surface area contributed by atoms with Gasteiger partial charge < -0.3 is 4.74 Å². The van der Waals surface area contributed by atoms with Crippen molar-refractivity contribution >= 4 is 22.5 Å². The lowest BCUT2D eigenvalue weighted by Gasteiger charge is -2.12. The molecule has 0 fully saturated rings. The lowest BCUT2D eigenvalue weighted by atomic mass is 10.0. The molecule has 0 N–H and O–H groups in total. The molecule has 0 bridgehead atoms. The topological polar surface area (TPSA) is 43.6 Å². The molecule has 32 heavy (non-hydrogen) atoms. The summed E-state index contributed by atoms with van der Waals surface area (Å²) >= 11 is 0. The Balaban J connectivity index is 1.91. The van der Waals surface area contributed by atoms with Gasteiger partial charge in [-0.05, 0) is 38.5 Å². The number of fused-ring (bicyclic) bond motifs is 3. The van der Waals surface area contributed by atoms with Crippen LogP contribution in [0.3, 0.4) is 0 Å². The van der Waals surface area contributed by atoms with Crippen LogP contribution in [-0.2, 0) is 4.74 Å².